The van der Waals surface area contributed by atoms with E-state index >= 15 is 0 Å². The summed E-state index contributed by atoms with van der Waals surface area (Å²) >= 11 is 0. The number of nitrogens with zero attached hydrogens (tertiary/aromatic N) is 1. The van der Waals surface area contributed by atoms with Gasteiger partial charge in [-0.25, -0.2) is 9.18 Å². The van der Waals surface area contributed by atoms with Gasteiger partial charge in [0, 0.05) is 17.7 Å². The molecule has 0 saturated carbocycles. The third-order valence-corrected chi connectivity index (χ3v) is 2.24. The van der Waals surface area contributed by atoms with E-state index in [0.717, 1.165) is 18.2 Å². The fourth-order valence-corrected chi connectivity index (χ4v) is 1.46. The lowest BCUT2D eigenvalue weighted by Crippen LogP contribution is -2.19. The average molecular weight is 226 g/mol. The van der Waals surface area contributed by atoms with Crippen LogP contribution in [0.3, 0.4) is 0 Å². The van der Waals surface area contributed by atoms with Gasteiger partial charge in [-0.1, -0.05) is 0 Å². The number of nitro benzene ring substituents is 1. The van der Waals surface area contributed by atoms with Crippen LogP contribution in [0.2, 0.25) is 0 Å². The zero-order valence-electron chi connectivity index (χ0n) is 7.97. The molecule has 0 spiro atoms. The minimum atomic E-state index is -0.674. The van der Waals surface area contributed by atoms with Gasteiger partial charge in [-0.2, -0.15) is 0 Å². The molecule has 1 aliphatic heterocycles. The highest BCUT2D eigenvalue weighted by Gasteiger charge is 2.27. The Morgan fingerprint density at radius 3 is 2.88 bits per heavy atom. The molecule has 1 heterocycles. The third kappa shape index (κ3) is 1.79. The molecule has 1 fully saturated rings. The van der Waals surface area contributed by atoms with E-state index in [2.05, 4.69) is 10.1 Å². The van der Waals surface area contributed by atoms with Gasteiger partial charge in [-0.3, -0.25) is 10.1 Å². The lowest BCUT2D eigenvalue weighted by molar-refractivity contribution is -0.385. The Morgan fingerprint density at radius 2 is 2.31 bits per heavy atom. The smallest absolute Gasteiger partial charge is 0.407 e. The molecule has 1 saturated heterocycles. The topological polar surface area (TPSA) is 81.5 Å². The van der Waals surface area contributed by atoms with Gasteiger partial charge in [-0.15, -0.1) is 0 Å². The third-order valence-electron chi connectivity index (χ3n) is 2.24. The summed E-state index contributed by atoms with van der Waals surface area (Å²) in [6.07, 6.45) is -0.657. The van der Waals surface area contributed by atoms with Crippen LogP contribution in [-0.4, -0.2) is 17.6 Å². The Morgan fingerprint density at radius 1 is 1.56 bits per heavy atom. The van der Waals surface area contributed by atoms with E-state index < -0.39 is 22.9 Å². The van der Waals surface area contributed by atoms with Crippen molar-refractivity contribution in [2.45, 2.75) is 6.04 Å². The molecular weight excluding hydrogens is 219 g/mol. The molecule has 0 aromatic heterocycles. The van der Waals surface area contributed by atoms with Crippen molar-refractivity contribution < 1.29 is 18.8 Å². The van der Waals surface area contributed by atoms with Crippen molar-refractivity contribution in [2.24, 2.45) is 0 Å². The SMILES string of the molecule is O=C1N[C@@H](c2cc([N+](=O)[O-])ccc2F)CO1. The summed E-state index contributed by atoms with van der Waals surface area (Å²) in [6, 6.07) is 2.48. The van der Waals surface area contributed by atoms with Crippen LogP contribution in [0.1, 0.15) is 11.6 Å². The summed E-state index contributed by atoms with van der Waals surface area (Å²) in [4.78, 5) is 20.7. The molecule has 1 aromatic rings. The lowest BCUT2D eigenvalue weighted by atomic mass is 10.1. The maximum Gasteiger partial charge on any atom is 0.407 e. The van der Waals surface area contributed by atoms with Crippen molar-refractivity contribution in [2.75, 3.05) is 6.61 Å². The number of carbonyl (C=O) groups is 1. The molecule has 0 unspecified atom stereocenters. The van der Waals surface area contributed by atoms with Gasteiger partial charge in [0.1, 0.15) is 12.4 Å². The second kappa shape index (κ2) is 3.76. The Bertz CT molecular complexity index is 463. The summed E-state index contributed by atoms with van der Waals surface area (Å²) < 4.78 is 18.0. The standard InChI is InChI=1S/C9H7FN2O4/c10-7-2-1-5(12(14)15)3-6(7)8-4-16-9(13)11-8/h1-3,8H,4H2,(H,11,13)/t8-/m1/s1. The van der Waals surface area contributed by atoms with Crippen LogP contribution in [0.25, 0.3) is 0 Å². The quantitative estimate of drug-likeness (QED) is 0.612. The number of ether oxygens (including phenoxy) is 1. The molecule has 7 heteroatoms. The second-order valence-corrected chi connectivity index (χ2v) is 3.26. The van der Waals surface area contributed by atoms with E-state index in [0.29, 0.717) is 0 Å². The zero-order chi connectivity index (χ0) is 11.7. The number of rotatable bonds is 2. The van der Waals surface area contributed by atoms with E-state index in [9.17, 15) is 19.3 Å². The van der Waals surface area contributed by atoms with E-state index in [1.54, 1.807) is 0 Å². The normalized spacial score (nSPS) is 19.1. The highest BCUT2D eigenvalue weighted by Crippen LogP contribution is 2.25. The monoisotopic (exact) mass is 226 g/mol. The molecule has 2 rings (SSSR count). The highest BCUT2D eigenvalue weighted by atomic mass is 19.1. The molecular formula is C9H7FN2O4. The van der Waals surface area contributed by atoms with Crippen LogP contribution >= 0.6 is 0 Å². The van der Waals surface area contributed by atoms with Crippen molar-refractivity contribution in [1.29, 1.82) is 0 Å². The van der Waals surface area contributed by atoms with Crippen molar-refractivity contribution in [1.82, 2.24) is 5.32 Å². The van der Waals surface area contributed by atoms with Gasteiger partial charge < -0.3 is 10.1 Å². The minimum absolute atomic E-state index is 0.0308. The minimum Gasteiger partial charge on any atom is -0.447 e. The first kappa shape index (κ1) is 10.3. The maximum absolute atomic E-state index is 13.4. The number of hydrogen-bond acceptors (Lipinski definition) is 4. The summed E-state index contributed by atoms with van der Waals surface area (Å²) in [6.45, 7) is -0.0308. The lowest BCUT2D eigenvalue weighted by Gasteiger charge is -2.08. The number of nitro groups is 1. The molecule has 0 bridgehead atoms. The van der Waals surface area contributed by atoms with Crippen LogP contribution < -0.4 is 5.32 Å². The van der Waals surface area contributed by atoms with Crippen LogP contribution in [0.5, 0.6) is 0 Å². The second-order valence-electron chi connectivity index (χ2n) is 3.26. The van der Waals surface area contributed by atoms with E-state index in [1.165, 1.54) is 0 Å². The Balaban J connectivity index is 2.35. The molecule has 1 aromatic carbocycles. The fraction of sp³-hybridized carbons (Fsp3) is 0.222. The Labute approximate surface area is 89.2 Å². The van der Waals surface area contributed by atoms with Gasteiger partial charge >= 0.3 is 6.09 Å². The zero-order valence-corrected chi connectivity index (χ0v) is 7.97. The first-order valence-electron chi connectivity index (χ1n) is 4.45. The van der Waals surface area contributed by atoms with Gasteiger partial charge in [0.15, 0.2) is 0 Å². The molecule has 6 nitrogen and oxygen atoms in total. The molecule has 0 radical (unpaired) electrons. The predicted octanol–water partition coefficient (Wildman–Crippen LogP) is 1.51. The molecule has 1 N–H and O–H groups in total. The van der Waals surface area contributed by atoms with Gasteiger partial charge in [-0.05, 0) is 6.07 Å². The summed E-state index contributed by atoms with van der Waals surface area (Å²) in [5, 5.41) is 12.9. The van der Waals surface area contributed by atoms with Gasteiger partial charge in [0.2, 0.25) is 0 Å². The number of hydrogen-bond donors (Lipinski definition) is 1. The molecule has 0 aliphatic carbocycles. The summed E-state index contributed by atoms with van der Waals surface area (Å²) in [7, 11) is 0. The van der Waals surface area contributed by atoms with Crippen LogP contribution in [0.4, 0.5) is 14.9 Å². The van der Waals surface area contributed by atoms with Gasteiger partial charge in [0.05, 0.1) is 11.0 Å². The molecule has 1 amide bonds. The fourth-order valence-electron chi connectivity index (χ4n) is 1.46. The number of carbonyl (C=O) groups excluding carboxylic acids is 1. The van der Waals surface area contributed by atoms with E-state index in [4.69, 9.17) is 0 Å². The van der Waals surface area contributed by atoms with Crippen molar-refractivity contribution >= 4 is 11.8 Å². The Hall–Kier alpha value is -2.18. The largest absolute Gasteiger partial charge is 0.447 e. The average Bonchev–Trinajstić information content (AvgIpc) is 2.65. The van der Waals surface area contributed by atoms with Crippen molar-refractivity contribution in [3.8, 4) is 0 Å². The number of benzene rings is 1. The number of alkyl carbamates (subject to hydrolysis) is 1. The molecule has 84 valence electrons. The van der Waals surface area contributed by atoms with Crippen molar-refractivity contribution in [3.05, 3.63) is 39.7 Å². The van der Waals surface area contributed by atoms with Crippen molar-refractivity contribution in [3.63, 3.8) is 0 Å². The number of non-ortho nitro benzene ring substituents is 1. The number of amides is 1. The number of halogens is 1. The maximum atomic E-state index is 13.4. The van der Waals surface area contributed by atoms with E-state index in [-0.39, 0.29) is 17.9 Å². The number of nitrogens with one attached hydrogen (secondary N) is 1. The first-order valence-corrected chi connectivity index (χ1v) is 4.45. The highest BCUT2D eigenvalue weighted by molar-refractivity contribution is 5.70. The summed E-state index contributed by atoms with van der Waals surface area (Å²) in [5.41, 5.74) is -0.169. The number of cyclic esters (lactones) is 1. The van der Waals surface area contributed by atoms with E-state index in [1.807, 2.05) is 0 Å². The molecule has 1 atom stereocenters. The first-order chi connectivity index (χ1) is 7.58. The van der Waals surface area contributed by atoms with Crippen LogP contribution in [-0.2, 0) is 4.74 Å². The Kier molecular flexibility index (Phi) is 2.43. The van der Waals surface area contributed by atoms with Crippen LogP contribution in [0, 0.1) is 15.9 Å². The van der Waals surface area contributed by atoms with Crippen LogP contribution in [0.15, 0.2) is 18.2 Å². The molecule has 1 aliphatic rings. The van der Waals surface area contributed by atoms with Gasteiger partial charge in [0.25, 0.3) is 5.69 Å². The molecule has 16 heavy (non-hydrogen) atoms. The predicted molar refractivity (Wildman–Crippen MR) is 50.3 cm³/mol. The summed E-state index contributed by atoms with van der Waals surface area (Å²) in [5.74, 6) is -0.610.